The molecular weight excluding hydrogens is 217 g/mol. The van der Waals surface area contributed by atoms with Crippen LogP contribution >= 0.6 is 0 Å². The van der Waals surface area contributed by atoms with Gasteiger partial charge in [0.2, 0.25) is 0 Å². The van der Waals surface area contributed by atoms with Crippen LogP contribution in [0.1, 0.15) is 10.4 Å². The fourth-order valence-electron chi connectivity index (χ4n) is 0.696. The van der Waals surface area contributed by atoms with Gasteiger partial charge >= 0.3 is 16.5 Å². The van der Waals surface area contributed by atoms with Crippen LogP contribution in [0.15, 0.2) is 18.5 Å². The number of hydrogen-bond donors (Lipinski definition) is 1. The highest BCUT2D eigenvalue weighted by Gasteiger charge is 2.12. The van der Waals surface area contributed by atoms with Crippen LogP contribution in [-0.4, -0.2) is 24.5 Å². The second kappa shape index (κ2) is 3.58. The van der Waals surface area contributed by atoms with Crippen molar-refractivity contribution in [2.24, 2.45) is 0 Å². The van der Waals surface area contributed by atoms with E-state index in [0.29, 0.717) is 0 Å². The zero-order valence-electron chi connectivity index (χ0n) is 6.55. The van der Waals surface area contributed by atoms with Gasteiger partial charge in [0.25, 0.3) is 0 Å². The van der Waals surface area contributed by atoms with Crippen molar-refractivity contribution in [2.45, 2.75) is 0 Å². The summed E-state index contributed by atoms with van der Waals surface area (Å²) < 4.78 is 35.8. The molecule has 0 unspecified atom stereocenters. The molecule has 0 aliphatic heterocycles. The molecule has 0 aliphatic carbocycles. The molecule has 0 aromatic carbocycles. The second-order valence-corrected chi connectivity index (χ2v) is 3.14. The molecule has 76 valence electrons. The third-order valence-corrected chi connectivity index (χ3v) is 1.55. The molecule has 1 aromatic heterocycles. The van der Waals surface area contributed by atoms with E-state index >= 15 is 0 Å². The van der Waals surface area contributed by atoms with E-state index in [-0.39, 0.29) is 5.56 Å². The van der Waals surface area contributed by atoms with Crippen molar-refractivity contribution in [1.29, 1.82) is 0 Å². The minimum Gasteiger partial charge on any atom is -0.478 e. The van der Waals surface area contributed by atoms with Crippen molar-refractivity contribution >= 4 is 16.5 Å². The summed E-state index contributed by atoms with van der Waals surface area (Å²) >= 11 is 0. The second-order valence-electron chi connectivity index (χ2n) is 2.19. The van der Waals surface area contributed by atoms with Crippen molar-refractivity contribution in [3.63, 3.8) is 0 Å². The highest BCUT2D eigenvalue weighted by Crippen LogP contribution is 2.13. The number of nitrogens with zero attached hydrogens (tertiary/aromatic N) is 1. The fourth-order valence-corrected chi connectivity index (χ4v) is 1.02. The molecule has 1 heterocycles. The predicted octanol–water partition coefficient (Wildman–Crippen LogP) is 0.373. The Balaban J connectivity index is 3.01. The van der Waals surface area contributed by atoms with Gasteiger partial charge in [0.15, 0.2) is 5.75 Å². The lowest BCUT2D eigenvalue weighted by molar-refractivity contribution is 0.0696. The number of hydrogen-bond acceptors (Lipinski definition) is 5. The number of rotatable bonds is 3. The molecule has 0 bridgehead atoms. The van der Waals surface area contributed by atoms with Crippen molar-refractivity contribution in [2.75, 3.05) is 0 Å². The number of carboxylic acid groups (broad SMARTS) is 1. The number of aromatic nitrogens is 1. The van der Waals surface area contributed by atoms with Gasteiger partial charge in [0.05, 0.1) is 11.8 Å². The summed E-state index contributed by atoms with van der Waals surface area (Å²) in [4.78, 5) is 13.7. The summed E-state index contributed by atoms with van der Waals surface area (Å²) in [6.07, 6.45) is 1.85. The topological polar surface area (TPSA) is 93.6 Å². The molecule has 0 amide bonds. The van der Waals surface area contributed by atoms with Gasteiger partial charge in [0.1, 0.15) is 0 Å². The van der Waals surface area contributed by atoms with Crippen LogP contribution in [0.4, 0.5) is 3.89 Å². The minimum atomic E-state index is -5.15. The minimum absolute atomic E-state index is 0.300. The van der Waals surface area contributed by atoms with E-state index < -0.39 is 22.2 Å². The number of halogens is 1. The first kappa shape index (κ1) is 10.4. The quantitative estimate of drug-likeness (QED) is 0.741. The summed E-state index contributed by atoms with van der Waals surface area (Å²) in [5.74, 6) is -1.81. The van der Waals surface area contributed by atoms with Gasteiger partial charge in [-0.25, -0.2) is 4.79 Å². The number of aromatic carboxylic acids is 1. The Morgan fingerprint density at radius 3 is 2.64 bits per heavy atom. The summed E-state index contributed by atoms with van der Waals surface area (Å²) in [6, 6.07) is 0.840. The summed E-state index contributed by atoms with van der Waals surface area (Å²) in [5, 5.41) is 8.47. The Hall–Kier alpha value is -1.70. The van der Waals surface area contributed by atoms with E-state index in [1.807, 2.05) is 0 Å². The molecule has 0 saturated carbocycles. The Morgan fingerprint density at radius 2 is 2.14 bits per heavy atom. The van der Waals surface area contributed by atoms with Gasteiger partial charge < -0.3 is 9.29 Å². The highest BCUT2D eigenvalue weighted by atomic mass is 32.3. The number of carboxylic acids is 1. The molecule has 6 nitrogen and oxygen atoms in total. The molecule has 0 atom stereocenters. The van der Waals surface area contributed by atoms with Gasteiger partial charge in [-0.1, -0.05) is 3.89 Å². The zero-order valence-corrected chi connectivity index (χ0v) is 7.36. The molecule has 0 spiro atoms. The normalized spacial score (nSPS) is 10.9. The highest BCUT2D eigenvalue weighted by molar-refractivity contribution is 7.81. The van der Waals surface area contributed by atoms with Gasteiger partial charge in [-0.3, -0.25) is 4.98 Å². The molecule has 14 heavy (non-hydrogen) atoms. The van der Waals surface area contributed by atoms with Crippen LogP contribution in [0.3, 0.4) is 0 Å². The van der Waals surface area contributed by atoms with E-state index in [2.05, 4.69) is 9.17 Å². The SMILES string of the molecule is O=C(O)c1cncc(OS(=O)(=O)F)c1. The van der Waals surface area contributed by atoms with Crippen LogP contribution in [0.5, 0.6) is 5.75 Å². The Bertz CT molecular complexity index is 457. The average molecular weight is 221 g/mol. The van der Waals surface area contributed by atoms with Crippen LogP contribution in [0.25, 0.3) is 0 Å². The fraction of sp³-hybridized carbons (Fsp3) is 0. The first-order valence-corrected chi connectivity index (χ1v) is 4.52. The van der Waals surface area contributed by atoms with Crippen LogP contribution in [-0.2, 0) is 10.5 Å². The zero-order chi connectivity index (χ0) is 10.8. The van der Waals surface area contributed by atoms with Crippen molar-refractivity contribution in [3.05, 3.63) is 24.0 Å². The van der Waals surface area contributed by atoms with Gasteiger partial charge in [-0.2, -0.15) is 8.42 Å². The van der Waals surface area contributed by atoms with Crippen LogP contribution in [0, 0.1) is 0 Å². The number of carbonyl (C=O) groups is 1. The van der Waals surface area contributed by atoms with Gasteiger partial charge in [-0.15, -0.1) is 0 Å². The summed E-state index contributed by atoms with van der Waals surface area (Å²) in [7, 11) is -5.15. The molecule has 8 heteroatoms. The van der Waals surface area contributed by atoms with Gasteiger partial charge in [-0.05, 0) is 6.07 Å². The predicted molar refractivity (Wildman–Crippen MR) is 41.9 cm³/mol. The first-order chi connectivity index (χ1) is 6.38. The lowest BCUT2D eigenvalue weighted by Gasteiger charge is -1.99. The Morgan fingerprint density at radius 1 is 1.50 bits per heavy atom. The van der Waals surface area contributed by atoms with E-state index in [4.69, 9.17) is 5.11 Å². The standard InChI is InChI=1S/C6H4FNO5S/c7-14(11,12)13-5-1-4(6(9)10)2-8-3-5/h1-3H,(H,9,10). The molecule has 0 aliphatic rings. The van der Waals surface area contributed by atoms with Gasteiger partial charge in [0, 0.05) is 6.20 Å². The lowest BCUT2D eigenvalue weighted by Crippen LogP contribution is -2.03. The van der Waals surface area contributed by atoms with Crippen molar-refractivity contribution in [1.82, 2.24) is 4.98 Å². The first-order valence-electron chi connectivity index (χ1n) is 3.21. The third kappa shape index (κ3) is 2.98. The Labute approximate surface area is 78.4 Å². The maximum atomic E-state index is 12.0. The molecule has 0 fully saturated rings. The van der Waals surface area contributed by atoms with E-state index in [9.17, 15) is 17.1 Å². The molecule has 0 saturated heterocycles. The monoisotopic (exact) mass is 221 g/mol. The van der Waals surface area contributed by atoms with Crippen LogP contribution < -0.4 is 4.18 Å². The maximum Gasteiger partial charge on any atom is 0.488 e. The number of pyridine rings is 1. The molecule has 0 radical (unpaired) electrons. The Kier molecular flexibility index (Phi) is 2.65. The third-order valence-electron chi connectivity index (χ3n) is 1.16. The van der Waals surface area contributed by atoms with Crippen molar-refractivity contribution in [3.8, 4) is 5.75 Å². The summed E-state index contributed by atoms with van der Waals surface area (Å²) in [5.41, 5.74) is -0.300. The summed E-state index contributed by atoms with van der Waals surface area (Å²) in [6.45, 7) is 0. The molecule has 1 rings (SSSR count). The average Bonchev–Trinajstić information content (AvgIpc) is 2.01. The molecule has 1 N–H and O–H groups in total. The smallest absolute Gasteiger partial charge is 0.478 e. The van der Waals surface area contributed by atoms with E-state index in [1.165, 1.54) is 0 Å². The molecular formula is C6H4FNO5S. The maximum absolute atomic E-state index is 12.0. The van der Waals surface area contributed by atoms with Crippen LogP contribution in [0.2, 0.25) is 0 Å². The molecule has 1 aromatic rings. The van der Waals surface area contributed by atoms with E-state index in [0.717, 1.165) is 18.5 Å². The van der Waals surface area contributed by atoms with E-state index in [1.54, 1.807) is 0 Å². The largest absolute Gasteiger partial charge is 0.488 e. The lowest BCUT2D eigenvalue weighted by atomic mass is 10.3. The van der Waals surface area contributed by atoms with Crippen molar-refractivity contribution < 1.29 is 26.4 Å².